The van der Waals surface area contributed by atoms with E-state index in [9.17, 15) is 9.59 Å². The quantitative estimate of drug-likeness (QED) is 0.497. The van der Waals surface area contributed by atoms with E-state index in [0.29, 0.717) is 5.69 Å². The summed E-state index contributed by atoms with van der Waals surface area (Å²) < 4.78 is 4.29. The average Bonchev–Trinajstić information content (AvgIpc) is 2.31. The summed E-state index contributed by atoms with van der Waals surface area (Å²) >= 11 is 1.71. The van der Waals surface area contributed by atoms with Crippen molar-refractivity contribution < 1.29 is 14.3 Å². The van der Waals surface area contributed by atoms with Crippen LogP contribution in [0.5, 0.6) is 0 Å². The number of amides is 1. The molecule has 1 rings (SSSR count). The Kier molecular flexibility index (Phi) is 4.85. The van der Waals surface area contributed by atoms with Crippen LogP contribution in [0.3, 0.4) is 0 Å². The lowest BCUT2D eigenvalue weighted by atomic mass is 10.3. The van der Waals surface area contributed by atoms with E-state index in [0.717, 1.165) is 10.6 Å². The lowest BCUT2D eigenvalue weighted by Crippen LogP contribution is -2.23. The third-order valence-electron chi connectivity index (χ3n) is 1.79. The van der Waals surface area contributed by atoms with Crippen molar-refractivity contribution in [1.29, 1.82) is 0 Å². The van der Waals surface area contributed by atoms with Gasteiger partial charge in [-0.2, -0.15) is 0 Å². The van der Waals surface area contributed by atoms with E-state index >= 15 is 0 Å². The van der Waals surface area contributed by atoms with Crippen molar-refractivity contribution in [3.05, 3.63) is 24.3 Å². The maximum absolute atomic E-state index is 11.2. The van der Waals surface area contributed by atoms with Gasteiger partial charge in [0, 0.05) is 10.6 Å². The van der Waals surface area contributed by atoms with Gasteiger partial charge in [-0.1, -0.05) is 6.92 Å². The minimum atomic E-state index is -0.896. The lowest BCUT2D eigenvalue weighted by Gasteiger charge is -2.04. The fourth-order valence-corrected chi connectivity index (χ4v) is 1.74. The Morgan fingerprint density at radius 3 is 2.44 bits per heavy atom. The largest absolute Gasteiger partial charge is 0.462 e. The molecular formula is C11H13NO3S. The summed E-state index contributed by atoms with van der Waals surface area (Å²) in [4.78, 5) is 23.1. The van der Waals surface area contributed by atoms with E-state index in [-0.39, 0.29) is 0 Å². The summed E-state index contributed by atoms with van der Waals surface area (Å²) in [5.74, 6) is -0.668. The number of rotatable bonds is 3. The van der Waals surface area contributed by atoms with Crippen LogP contribution in [0.1, 0.15) is 6.92 Å². The summed E-state index contributed by atoms with van der Waals surface area (Å²) in [5.41, 5.74) is 0.579. The first-order valence-corrected chi connectivity index (χ1v) is 5.78. The summed E-state index contributed by atoms with van der Waals surface area (Å²) in [7, 11) is 1.17. The second kappa shape index (κ2) is 6.17. The molecule has 0 aliphatic heterocycles. The van der Waals surface area contributed by atoms with Gasteiger partial charge in [0.05, 0.1) is 7.11 Å². The van der Waals surface area contributed by atoms with Crippen LogP contribution in [0, 0.1) is 0 Å². The molecule has 0 heterocycles. The van der Waals surface area contributed by atoms with E-state index in [1.54, 1.807) is 23.9 Å². The van der Waals surface area contributed by atoms with Crippen LogP contribution in [0.2, 0.25) is 0 Å². The van der Waals surface area contributed by atoms with Crippen LogP contribution < -0.4 is 5.32 Å². The zero-order valence-corrected chi connectivity index (χ0v) is 9.97. The molecule has 1 aromatic carbocycles. The van der Waals surface area contributed by atoms with Gasteiger partial charge in [0.25, 0.3) is 0 Å². The summed E-state index contributed by atoms with van der Waals surface area (Å²) in [6, 6.07) is 7.28. The highest BCUT2D eigenvalue weighted by Gasteiger charge is 2.13. The van der Waals surface area contributed by atoms with Crippen molar-refractivity contribution in [2.45, 2.75) is 11.8 Å². The zero-order valence-electron chi connectivity index (χ0n) is 9.15. The van der Waals surface area contributed by atoms with E-state index in [1.807, 2.05) is 12.1 Å². The lowest BCUT2D eigenvalue weighted by molar-refractivity contribution is -0.150. The molecule has 0 fully saturated rings. The van der Waals surface area contributed by atoms with Crippen LogP contribution in [0.15, 0.2) is 29.2 Å². The fourth-order valence-electron chi connectivity index (χ4n) is 1.08. The highest BCUT2D eigenvalue weighted by atomic mass is 32.2. The van der Waals surface area contributed by atoms with Gasteiger partial charge < -0.3 is 10.1 Å². The van der Waals surface area contributed by atoms with Crippen molar-refractivity contribution in [2.75, 3.05) is 18.2 Å². The molecule has 5 heteroatoms. The summed E-state index contributed by atoms with van der Waals surface area (Å²) in [6.07, 6.45) is 0. The molecule has 1 aromatic rings. The predicted molar refractivity (Wildman–Crippen MR) is 63.5 cm³/mol. The number of ether oxygens (including phenoxy) is 1. The molecule has 0 unspecified atom stereocenters. The molecule has 0 saturated heterocycles. The minimum Gasteiger partial charge on any atom is -0.462 e. The number of hydrogen-bond donors (Lipinski definition) is 1. The van der Waals surface area contributed by atoms with Gasteiger partial charge in [0.2, 0.25) is 0 Å². The van der Waals surface area contributed by atoms with Crippen LogP contribution in [-0.2, 0) is 14.3 Å². The number of methoxy groups -OCH3 is 1. The number of thioether (sulfide) groups is 1. The Morgan fingerprint density at radius 1 is 1.31 bits per heavy atom. The number of carbonyl (C=O) groups excluding carboxylic acids is 2. The SMILES string of the molecule is CCSc1ccc(NC(=O)C(=O)OC)cc1. The number of esters is 1. The second-order valence-electron chi connectivity index (χ2n) is 2.90. The number of nitrogens with one attached hydrogen (secondary N) is 1. The van der Waals surface area contributed by atoms with Gasteiger partial charge in [-0.3, -0.25) is 4.79 Å². The molecule has 86 valence electrons. The van der Waals surface area contributed by atoms with E-state index in [2.05, 4.69) is 17.0 Å². The number of carbonyl (C=O) groups is 2. The zero-order chi connectivity index (χ0) is 12.0. The molecule has 4 nitrogen and oxygen atoms in total. The third kappa shape index (κ3) is 3.58. The van der Waals surface area contributed by atoms with Gasteiger partial charge in [-0.25, -0.2) is 4.79 Å². The van der Waals surface area contributed by atoms with Gasteiger partial charge in [-0.15, -0.1) is 11.8 Å². The van der Waals surface area contributed by atoms with E-state index < -0.39 is 11.9 Å². The number of hydrogen-bond acceptors (Lipinski definition) is 4. The Balaban J connectivity index is 2.61. The smallest absolute Gasteiger partial charge is 0.396 e. The molecule has 16 heavy (non-hydrogen) atoms. The van der Waals surface area contributed by atoms with E-state index in [4.69, 9.17) is 0 Å². The molecule has 1 N–H and O–H groups in total. The normalized spacial score (nSPS) is 9.62. The van der Waals surface area contributed by atoms with E-state index in [1.165, 1.54) is 7.11 Å². The number of anilines is 1. The molecule has 0 radical (unpaired) electrons. The van der Waals surface area contributed by atoms with Crippen molar-refractivity contribution in [1.82, 2.24) is 0 Å². The molecule has 0 atom stereocenters. The van der Waals surface area contributed by atoms with Gasteiger partial charge in [0.1, 0.15) is 0 Å². The molecule has 0 aliphatic rings. The summed E-state index contributed by atoms with van der Waals surface area (Å²) in [6.45, 7) is 2.07. The highest BCUT2D eigenvalue weighted by Crippen LogP contribution is 2.19. The van der Waals surface area contributed by atoms with Crippen molar-refractivity contribution >= 4 is 29.3 Å². The van der Waals surface area contributed by atoms with Crippen LogP contribution in [0.4, 0.5) is 5.69 Å². The Bertz CT molecular complexity index is 375. The molecular weight excluding hydrogens is 226 g/mol. The summed E-state index contributed by atoms with van der Waals surface area (Å²) in [5, 5.41) is 2.44. The minimum absolute atomic E-state index is 0.579. The Labute approximate surface area is 98.4 Å². The van der Waals surface area contributed by atoms with Crippen molar-refractivity contribution in [3.8, 4) is 0 Å². The van der Waals surface area contributed by atoms with Crippen LogP contribution in [0.25, 0.3) is 0 Å². The fraction of sp³-hybridized carbons (Fsp3) is 0.273. The monoisotopic (exact) mass is 239 g/mol. The topological polar surface area (TPSA) is 55.4 Å². The molecule has 0 saturated carbocycles. The second-order valence-corrected chi connectivity index (χ2v) is 4.24. The third-order valence-corrected chi connectivity index (χ3v) is 2.69. The number of benzene rings is 1. The first-order valence-electron chi connectivity index (χ1n) is 4.79. The average molecular weight is 239 g/mol. The van der Waals surface area contributed by atoms with Gasteiger partial charge >= 0.3 is 11.9 Å². The molecule has 1 amide bonds. The highest BCUT2D eigenvalue weighted by molar-refractivity contribution is 7.99. The van der Waals surface area contributed by atoms with Gasteiger partial charge in [0.15, 0.2) is 0 Å². The van der Waals surface area contributed by atoms with Gasteiger partial charge in [-0.05, 0) is 30.0 Å². The molecule has 0 spiro atoms. The van der Waals surface area contributed by atoms with Crippen molar-refractivity contribution in [2.24, 2.45) is 0 Å². The maximum Gasteiger partial charge on any atom is 0.396 e. The standard InChI is InChI=1S/C11H13NO3S/c1-3-16-9-6-4-8(5-7-9)12-10(13)11(14)15-2/h4-7H,3H2,1-2H3,(H,12,13). The molecule has 0 aromatic heterocycles. The Hall–Kier alpha value is -1.49. The maximum atomic E-state index is 11.2. The Morgan fingerprint density at radius 2 is 1.94 bits per heavy atom. The first kappa shape index (κ1) is 12.6. The molecule has 0 aliphatic carbocycles. The van der Waals surface area contributed by atoms with Crippen LogP contribution in [-0.4, -0.2) is 24.7 Å². The van der Waals surface area contributed by atoms with Crippen LogP contribution >= 0.6 is 11.8 Å². The predicted octanol–water partition coefficient (Wildman–Crippen LogP) is 1.91. The van der Waals surface area contributed by atoms with Crippen molar-refractivity contribution in [3.63, 3.8) is 0 Å². The molecule has 0 bridgehead atoms. The first-order chi connectivity index (χ1) is 7.67.